The van der Waals surface area contributed by atoms with Crippen molar-refractivity contribution in [1.82, 2.24) is 4.98 Å². The summed E-state index contributed by atoms with van der Waals surface area (Å²) in [6.07, 6.45) is 0. The molecular formula is C14H9BrN2OS. The number of anilines is 1. The summed E-state index contributed by atoms with van der Waals surface area (Å²) in [4.78, 5) is 16.5. The first-order chi connectivity index (χ1) is 9.22. The monoisotopic (exact) mass is 332 g/mol. The van der Waals surface area contributed by atoms with Gasteiger partial charge in [-0.2, -0.15) is 0 Å². The molecule has 19 heavy (non-hydrogen) atoms. The normalized spacial score (nSPS) is 10.6. The summed E-state index contributed by atoms with van der Waals surface area (Å²) in [5.74, 6) is -0.152. The van der Waals surface area contributed by atoms with Crippen molar-refractivity contribution >= 4 is 48.5 Å². The van der Waals surface area contributed by atoms with Gasteiger partial charge < -0.3 is 0 Å². The van der Waals surface area contributed by atoms with Crippen molar-refractivity contribution in [2.24, 2.45) is 0 Å². The molecule has 1 heterocycles. The maximum atomic E-state index is 12.1. The second-order valence-corrected chi connectivity index (χ2v) is 5.90. The lowest BCUT2D eigenvalue weighted by Crippen LogP contribution is -2.11. The summed E-state index contributed by atoms with van der Waals surface area (Å²) in [7, 11) is 0. The van der Waals surface area contributed by atoms with E-state index >= 15 is 0 Å². The molecule has 3 aromatic rings. The first-order valence-corrected chi connectivity index (χ1v) is 7.26. The van der Waals surface area contributed by atoms with Crippen LogP contribution in [0.1, 0.15) is 10.4 Å². The quantitative estimate of drug-likeness (QED) is 0.759. The molecule has 0 fully saturated rings. The van der Waals surface area contributed by atoms with Crippen LogP contribution in [0.2, 0.25) is 0 Å². The average molecular weight is 333 g/mol. The van der Waals surface area contributed by atoms with Crippen LogP contribution in [0, 0.1) is 0 Å². The van der Waals surface area contributed by atoms with Crippen LogP contribution in [0.25, 0.3) is 10.2 Å². The van der Waals surface area contributed by atoms with Gasteiger partial charge in [0, 0.05) is 10.0 Å². The SMILES string of the molecule is O=C(Nc1nc2ccccc2s1)c1cccc(Br)c1. The lowest BCUT2D eigenvalue weighted by Gasteiger charge is -2.01. The van der Waals surface area contributed by atoms with Gasteiger partial charge in [-0.1, -0.05) is 45.5 Å². The van der Waals surface area contributed by atoms with Crippen molar-refractivity contribution < 1.29 is 4.79 Å². The number of halogens is 1. The van der Waals surface area contributed by atoms with Crippen LogP contribution < -0.4 is 5.32 Å². The van der Waals surface area contributed by atoms with Crippen LogP contribution in [0.5, 0.6) is 0 Å². The number of carbonyl (C=O) groups excluding carboxylic acids is 1. The highest BCUT2D eigenvalue weighted by Crippen LogP contribution is 2.25. The minimum Gasteiger partial charge on any atom is -0.298 e. The highest BCUT2D eigenvalue weighted by molar-refractivity contribution is 9.10. The van der Waals surface area contributed by atoms with Crippen molar-refractivity contribution in [3.8, 4) is 0 Å². The van der Waals surface area contributed by atoms with E-state index in [4.69, 9.17) is 0 Å². The van der Waals surface area contributed by atoms with Gasteiger partial charge in [-0.05, 0) is 30.3 Å². The first kappa shape index (κ1) is 12.3. The number of amides is 1. The van der Waals surface area contributed by atoms with Crippen molar-refractivity contribution in [1.29, 1.82) is 0 Å². The smallest absolute Gasteiger partial charge is 0.257 e. The Morgan fingerprint density at radius 3 is 2.79 bits per heavy atom. The molecule has 1 aromatic heterocycles. The number of hydrogen-bond donors (Lipinski definition) is 1. The number of fused-ring (bicyclic) bond motifs is 1. The van der Waals surface area contributed by atoms with Gasteiger partial charge in [0.25, 0.3) is 5.91 Å². The highest BCUT2D eigenvalue weighted by Gasteiger charge is 2.09. The summed E-state index contributed by atoms with van der Waals surface area (Å²) >= 11 is 4.82. The van der Waals surface area contributed by atoms with Gasteiger partial charge in [-0.25, -0.2) is 4.98 Å². The zero-order valence-electron chi connectivity index (χ0n) is 9.76. The fourth-order valence-corrected chi connectivity index (χ4v) is 2.98. The Labute approximate surface area is 122 Å². The van der Waals surface area contributed by atoms with Crippen LogP contribution in [0.15, 0.2) is 53.0 Å². The van der Waals surface area contributed by atoms with E-state index in [0.717, 1.165) is 14.7 Å². The van der Waals surface area contributed by atoms with Gasteiger partial charge in [0.05, 0.1) is 10.2 Å². The fourth-order valence-electron chi connectivity index (χ4n) is 1.72. The molecule has 3 rings (SSSR count). The molecule has 0 aliphatic heterocycles. The lowest BCUT2D eigenvalue weighted by atomic mass is 10.2. The topological polar surface area (TPSA) is 42.0 Å². The van der Waals surface area contributed by atoms with Crippen LogP contribution in [0.4, 0.5) is 5.13 Å². The molecule has 0 spiro atoms. The van der Waals surface area contributed by atoms with E-state index in [2.05, 4.69) is 26.2 Å². The Bertz CT molecular complexity index is 721. The summed E-state index contributed by atoms with van der Waals surface area (Å²) < 4.78 is 1.94. The van der Waals surface area contributed by atoms with Crippen LogP contribution >= 0.6 is 27.3 Å². The van der Waals surface area contributed by atoms with Gasteiger partial charge in [0.2, 0.25) is 0 Å². The molecule has 0 bridgehead atoms. The Hall–Kier alpha value is -1.72. The van der Waals surface area contributed by atoms with Crippen LogP contribution in [-0.4, -0.2) is 10.9 Å². The lowest BCUT2D eigenvalue weighted by molar-refractivity contribution is 0.102. The number of hydrogen-bond acceptors (Lipinski definition) is 3. The molecule has 2 aromatic carbocycles. The molecule has 0 saturated heterocycles. The van der Waals surface area contributed by atoms with Gasteiger partial charge in [0.15, 0.2) is 5.13 Å². The van der Waals surface area contributed by atoms with Gasteiger partial charge in [0.1, 0.15) is 0 Å². The summed E-state index contributed by atoms with van der Waals surface area (Å²) in [5.41, 5.74) is 1.51. The fraction of sp³-hybridized carbons (Fsp3) is 0. The molecule has 0 saturated carbocycles. The molecular weight excluding hydrogens is 324 g/mol. The van der Waals surface area contributed by atoms with E-state index in [1.54, 1.807) is 12.1 Å². The molecule has 94 valence electrons. The van der Waals surface area contributed by atoms with E-state index < -0.39 is 0 Å². The largest absolute Gasteiger partial charge is 0.298 e. The molecule has 0 radical (unpaired) electrons. The maximum Gasteiger partial charge on any atom is 0.257 e. The maximum absolute atomic E-state index is 12.1. The number of thiazole rings is 1. The Morgan fingerprint density at radius 1 is 1.16 bits per heavy atom. The van der Waals surface area contributed by atoms with Gasteiger partial charge in [-0.3, -0.25) is 10.1 Å². The predicted molar refractivity (Wildman–Crippen MR) is 81.7 cm³/mol. The standard InChI is InChI=1S/C14H9BrN2OS/c15-10-5-3-4-9(8-10)13(18)17-14-16-11-6-1-2-7-12(11)19-14/h1-8H,(H,16,17,18). The minimum absolute atomic E-state index is 0.152. The van der Waals surface area contributed by atoms with Gasteiger partial charge >= 0.3 is 0 Å². The summed E-state index contributed by atoms with van der Waals surface area (Å²) in [5, 5.41) is 3.44. The van der Waals surface area contributed by atoms with Crippen molar-refractivity contribution in [3.05, 3.63) is 58.6 Å². The van der Waals surface area contributed by atoms with Gasteiger partial charge in [-0.15, -0.1) is 0 Å². The third kappa shape index (κ3) is 2.67. The average Bonchev–Trinajstić information content (AvgIpc) is 2.80. The van der Waals surface area contributed by atoms with E-state index in [0.29, 0.717) is 10.7 Å². The third-order valence-corrected chi connectivity index (χ3v) is 4.05. The number of carbonyl (C=O) groups is 1. The van der Waals surface area contributed by atoms with Crippen LogP contribution in [0.3, 0.4) is 0 Å². The second kappa shape index (κ2) is 5.11. The molecule has 1 amide bonds. The Kier molecular flexibility index (Phi) is 3.31. The molecule has 0 aliphatic carbocycles. The zero-order valence-corrected chi connectivity index (χ0v) is 12.2. The van der Waals surface area contributed by atoms with Crippen molar-refractivity contribution in [2.75, 3.05) is 5.32 Å². The first-order valence-electron chi connectivity index (χ1n) is 5.65. The number of nitrogens with zero attached hydrogens (tertiary/aromatic N) is 1. The van der Waals surface area contributed by atoms with E-state index in [-0.39, 0.29) is 5.91 Å². The third-order valence-electron chi connectivity index (χ3n) is 2.60. The molecule has 1 N–H and O–H groups in total. The van der Waals surface area contributed by atoms with Crippen molar-refractivity contribution in [3.63, 3.8) is 0 Å². The van der Waals surface area contributed by atoms with Crippen LogP contribution in [-0.2, 0) is 0 Å². The number of benzene rings is 2. The number of aromatic nitrogens is 1. The number of nitrogens with one attached hydrogen (secondary N) is 1. The second-order valence-electron chi connectivity index (χ2n) is 3.95. The van der Waals surface area contributed by atoms with E-state index in [1.807, 2.05) is 36.4 Å². The number of rotatable bonds is 2. The minimum atomic E-state index is -0.152. The van der Waals surface area contributed by atoms with E-state index in [1.165, 1.54) is 11.3 Å². The summed E-state index contributed by atoms with van der Waals surface area (Å²) in [6, 6.07) is 15.1. The Morgan fingerprint density at radius 2 is 2.00 bits per heavy atom. The molecule has 5 heteroatoms. The summed E-state index contributed by atoms with van der Waals surface area (Å²) in [6.45, 7) is 0. The Balaban J connectivity index is 1.86. The molecule has 0 aliphatic rings. The zero-order chi connectivity index (χ0) is 13.2. The predicted octanol–water partition coefficient (Wildman–Crippen LogP) is 4.31. The molecule has 0 atom stereocenters. The number of para-hydroxylation sites is 1. The molecule has 0 unspecified atom stereocenters. The molecule has 3 nitrogen and oxygen atoms in total. The van der Waals surface area contributed by atoms with Crippen molar-refractivity contribution in [2.45, 2.75) is 0 Å². The highest BCUT2D eigenvalue weighted by atomic mass is 79.9. The van der Waals surface area contributed by atoms with E-state index in [9.17, 15) is 4.79 Å².